The first-order valence-corrected chi connectivity index (χ1v) is 10.7. The molecule has 192 valence electrons. The van der Waals surface area contributed by atoms with E-state index in [1.165, 1.54) is 63.9 Å². The Kier molecular flexibility index (Phi) is 8.97. The summed E-state index contributed by atoms with van der Waals surface area (Å²) >= 11 is 0. The third kappa shape index (κ3) is 6.94. The number of nitro groups is 1. The molecular weight excluding hydrogens is 486 g/mol. The third-order valence-corrected chi connectivity index (χ3v) is 4.79. The molecule has 3 aromatic rings. The maximum atomic E-state index is 12.7. The summed E-state index contributed by atoms with van der Waals surface area (Å²) in [6.45, 7) is -0.478. The number of nitrogens with zero attached hydrogens (tertiary/aromatic N) is 2. The van der Waals surface area contributed by atoms with Gasteiger partial charge in [-0.2, -0.15) is 5.10 Å². The van der Waals surface area contributed by atoms with Gasteiger partial charge in [0.1, 0.15) is 5.75 Å². The SMILES string of the molecule is COc1cc(C(=O)Oc2cccc(/C=N/NC(=O)COc3ccccc3[N+](=O)[O-])c2)cc(OC)c1OC. The first-order valence-electron chi connectivity index (χ1n) is 10.7. The van der Waals surface area contributed by atoms with E-state index in [2.05, 4.69) is 10.5 Å². The number of methoxy groups -OCH3 is 3. The molecule has 1 amide bonds. The van der Waals surface area contributed by atoms with Crippen LogP contribution in [0, 0.1) is 10.1 Å². The van der Waals surface area contributed by atoms with Crippen LogP contribution in [0.1, 0.15) is 15.9 Å². The zero-order valence-corrected chi connectivity index (χ0v) is 20.1. The minimum Gasteiger partial charge on any atom is -0.493 e. The lowest BCUT2D eigenvalue weighted by Crippen LogP contribution is -2.24. The highest BCUT2D eigenvalue weighted by molar-refractivity contribution is 5.93. The molecule has 3 rings (SSSR count). The van der Waals surface area contributed by atoms with Crippen LogP contribution in [-0.2, 0) is 4.79 Å². The molecule has 0 saturated carbocycles. The molecule has 37 heavy (non-hydrogen) atoms. The minimum atomic E-state index is -0.659. The Hall–Kier alpha value is -5.13. The number of hydrazone groups is 1. The van der Waals surface area contributed by atoms with Gasteiger partial charge in [0.25, 0.3) is 5.91 Å². The second-order valence-corrected chi connectivity index (χ2v) is 7.18. The topological polar surface area (TPSA) is 148 Å². The fourth-order valence-electron chi connectivity index (χ4n) is 3.11. The van der Waals surface area contributed by atoms with Crippen LogP contribution in [-0.4, -0.2) is 51.0 Å². The first-order chi connectivity index (χ1) is 17.9. The van der Waals surface area contributed by atoms with E-state index in [1.54, 1.807) is 24.3 Å². The van der Waals surface area contributed by atoms with Crippen LogP contribution in [0.15, 0.2) is 65.8 Å². The quantitative estimate of drug-likeness (QED) is 0.135. The lowest BCUT2D eigenvalue weighted by molar-refractivity contribution is -0.385. The molecule has 0 aromatic heterocycles. The van der Waals surface area contributed by atoms with Crippen LogP contribution in [0.5, 0.6) is 28.7 Å². The molecule has 12 heteroatoms. The van der Waals surface area contributed by atoms with Gasteiger partial charge in [0.2, 0.25) is 5.75 Å². The molecule has 0 fully saturated rings. The minimum absolute atomic E-state index is 0.0340. The van der Waals surface area contributed by atoms with Crippen molar-refractivity contribution in [3.8, 4) is 28.7 Å². The van der Waals surface area contributed by atoms with Gasteiger partial charge < -0.3 is 23.7 Å². The van der Waals surface area contributed by atoms with Crippen molar-refractivity contribution in [2.24, 2.45) is 5.10 Å². The number of hydrogen-bond acceptors (Lipinski definition) is 10. The third-order valence-electron chi connectivity index (χ3n) is 4.79. The van der Waals surface area contributed by atoms with E-state index >= 15 is 0 Å². The lowest BCUT2D eigenvalue weighted by Gasteiger charge is -2.13. The van der Waals surface area contributed by atoms with Crippen LogP contribution < -0.4 is 29.1 Å². The number of esters is 1. The largest absolute Gasteiger partial charge is 0.493 e. The first kappa shape index (κ1) is 26.5. The normalized spacial score (nSPS) is 10.5. The predicted octanol–water partition coefficient (Wildman–Crippen LogP) is 3.37. The average Bonchev–Trinajstić information content (AvgIpc) is 2.91. The number of ether oxygens (including phenoxy) is 5. The summed E-state index contributed by atoms with van der Waals surface area (Å²) in [5.41, 5.74) is 2.71. The van der Waals surface area contributed by atoms with E-state index in [-0.39, 0.29) is 22.7 Å². The van der Waals surface area contributed by atoms with Crippen molar-refractivity contribution in [3.63, 3.8) is 0 Å². The van der Waals surface area contributed by atoms with Crippen LogP contribution in [0.25, 0.3) is 0 Å². The predicted molar refractivity (Wildman–Crippen MR) is 132 cm³/mol. The van der Waals surface area contributed by atoms with Crippen molar-refractivity contribution in [3.05, 3.63) is 81.9 Å². The summed E-state index contributed by atoms with van der Waals surface area (Å²) in [5.74, 6) is -0.142. The molecule has 0 heterocycles. The molecule has 0 spiro atoms. The number of para-hydroxylation sites is 2. The second-order valence-electron chi connectivity index (χ2n) is 7.18. The fraction of sp³-hybridized carbons (Fsp3) is 0.160. The monoisotopic (exact) mass is 509 g/mol. The van der Waals surface area contributed by atoms with Crippen molar-refractivity contribution >= 4 is 23.8 Å². The summed E-state index contributed by atoms with van der Waals surface area (Å²) in [4.78, 5) is 35.1. The molecule has 0 saturated heterocycles. The number of amides is 1. The Morgan fingerprint density at radius 1 is 0.946 bits per heavy atom. The number of carbonyl (C=O) groups excluding carboxylic acids is 2. The smallest absolute Gasteiger partial charge is 0.343 e. The molecule has 12 nitrogen and oxygen atoms in total. The van der Waals surface area contributed by atoms with E-state index in [1.807, 2.05) is 0 Å². The highest BCUT2D eigenvalue weighted by Crippen LogP contribution is 2.38. The van der Waals surface area contributed by atoms with Crippen molar-refractivity contribution < 1.29 is 38.2 Å². The highest BCUT2D eigenvalue weighted by Gasteiger charge is 2.18. The molecular formula is C25H23N3O9. The summed E-state index contributed by atoms with van der Waals surface area (Å²) in [6.07, 6.45) is 1.33. The van der Waals surface area contributed by atoms with Crippen LogP contribution in [0.4, 0.5) is 5.69 Å². The average molecular weight is 509 g/mol. The molecule has 0 bridgehead atoms. The van der Waals surface area contributed by atoms with Gasteiger partial charge in [0.05, 0.1) is 38.0 Å². The molecule has 0 aliphatic heterocycles. The van der Waals surface area contributed by atoms with Crippen molar-refractivity contribution in [2.45, 2.75) is 0 Å². The van der Waals surface area contributed by atoms with E-state index in [0.717, 1.165) is 0 Å². The van der Waals surface area contributed by atoms with Crippen LogP contribution in [0.2, 0.25) is 0 Å². The van der Waals surface area contributed by atoms with Gasteiger partial charge in [-0.3, -0.25) is 14.9 Å². The van der Waals surface area contributed by atoms with Gasteiger partial charge in [-0.05, 0) is 35.9 Å². The van der Waals surface area contributed by atoms with Gasteiger partial charge in [-0.1, -0.05) is 24.3 Å². The fourth-order valence-corrected chi connectivity index (χ4v) is 3.11. The molecule has 0 radical (unpaired) electrons. The Morgan fingerprint density at radius 3 is 2.30 bits per heavy atom. The standard InChI is InChI=1S/C25H23N3O9/c1-33-21-12-17(13-22(34-2)24(21)35-3)25(30)37-18-8-6-7-16(11-18)14-26-27-23(29)15-36-20-10-5-4-9-19(20)28(31)32/h4-14H,15H2,1-3H3,(H,27,29)/b26-14+. The lowest BCUT2D eigenvalue weighted by atomic mass is 10.1. The van der Waals surface area contributed by atoms with E-state index in [9.17, 15) is 19.7 Å². The zero-order valence-electron chi connectivity index (χ0n) is 20.1. The van der Waals surface area contributed by atoms with Gasteiger partial charge in [-0.15, -0.1) is 0 Å². The van der Waals surface area contributed by atoms with Crippen LogP contribution >= 0.6 is 0 Å². The number of carbonyl (C=O) groups is 2. The molecule has 0 aliphatic rings. The molecule has 3 aromatic carbocycles. The molecule has 0 unspecified atom stereocenters. The number of benzene rings is 3. The van der Waals surface area contributed by atoms with Gasteiger partial charge in [0, 0.05) is 6.07 Å². The highest BCUT2D eigenvalue weighted by atomic mass is 16.6. The van der Waals surface area contributed by atoms with Crippen molar-refractivity contribution in [2.75, 3.05) is 27.9 Å². The van der Waals surface area contributed by atoms with Crippen molar-refractivity contribution in [1.82, 2.24) is 5.43 Å². The van der Waals surface area contributed by atoms with Gasteiger partial charge in [-0.25, -0.2) is 10.2 Å². The maximum Gasteiger partial charge on any atom is 0.343 e. The van der Waals surface area contributed by atoms with Crippen LogP contribution in [0.3, 0.4) is 0 Å². The van der Waals surface area contributed by atoms with Crippen molar-refractivity contribution in [1.29, 1.82) is 0 Å². The number of rotatable bonds is 11. The van der Waals surface area contributed by atoms with E-state index in [0.29, 0.717) is 22.8 Å². The Balaban J connectivity index is 1.61. The summed E-state index contributed by atoms with van der Waals surface area (Å²) in [7, 11) is 4.33. The molecule has 0 aliphatic carbocycles. The molecule has 0 atom stereocenters. The van der Waals surface area contributed by atoms with E-state index in [4.69, 9.17) is 23.7 Å². The number of hydrogen-bond donors (Lipinski definition) is 1. The summed E-state index contributed by atoms with van der Waals surface area (Å²) in [5, 5.41) is 14.8. The second kappa shape index (κ2) is 12.5. The van der Waals surface area contributed by atoms with Gasteiger partial charge in [0.15, 0.2) is 23.9 Å². The summed E-state index contributed by atoms with van der Waals surface area (Å²) < 4.78 is 26.4. The Morgan fingerprint density at radius 2 is 1.65 bits per heavy atom. The molecule has 1 N–H and O–H groups in total. The van der Waals surface area contributed by atoms with Gasteiger partial charge >= 0.3 is 11.7 Å². The number of nitro benzene ring substituents is 1. The Labute approximate surface area is 211 Å². The van der Waals surface area contributed by atoms with E-state index < -0.39 is 23.4 Å². The Bertz CT molecular complexity index is 1300. The maximum absolute atomic E-state index is 12.7. The number of nitrogens with one attached hydrogen (secondary N) is 1. The summed E-state index contributed by atoms with van der Waals surface area (Å²) in [6, 6.07) is 15.1. The zero-order chi connectivity index (χ0) is 26.8.